The summed E-state index contributed by atoms with van der Waals surface area (Å²) in [7, 11) is 0. The second-order valence-corrected chi connectivity index (χ2v) is 15.3. The number of carboxylic acids is 1. The summed E-state index contributed by atoms with van der Waals surface area (Å²) >= 11 is 0. The monoisotopic (exact) mass is 742 g/mol. The molecule has 0 saturated carbocycles. The number of benzene rings is 4. The van der Waals surface area contributed by atoms with Crippen molar-refractivity contribution in [3.8, 4) is 44.5 Å². The van der Waals surface area contributed by atoms with Crippen molar-refractivity contribution in [2.45, 2.75) is 41.5 Å². The predicted molar refractivity (Wildman–Crippen MR) is 236 cm³/mol. The lowest BCUT2D eigenvalue weighted by molar-refractivity contribution is 0.0697. The number of aromatic carboxylic acids is 1. The summed E-state index contributed by atoms with van der Waals surface area (Å²) in [6, 6.07) is 35.0. The second kappa shape index (κ2) is 13.9. The predicted octanol–water partition coefficient (Wildman–Crippen LogP) is 12.9. The summed E-state index contributed by atoms with van der Waals surface area (Å²) < 4.78 is 0. The standard InChI is InChI=1S/C51H42N4O2/c1-28-24-30(3)45(31(4)25-28)49-41-20-16-37(52-41)47(34-10-8-7-9-11-34)38-17-21-42(53-38)50(46-32(5)26-29(2)27-33(46)6)44-23-19-40(55-44)48(39-18-22-43(49)54-39)35-12-14-36(15-13-35)51(56)57/h7-27,52,55H,1-6H3,(H,56,57). The van der Waals surface area contributed by atoms with Gasteiger partial charge in [0.25, 0.3) is 0 Å². The lowest BCUT2D eigenvalue weighted by Crippen LogP contribution is -1.96. The SMILES string of the molecule is Cc1cc(C)c(-c2c3nc(c(-c4ccc(C(=O)O)cc4)c4ccc([nH]4)c(-c4c(C)cc(C)cc4C)c4nc(c(-c5ccccc5)c5ccc2[nH]5)C=C4)C=C3)c(C)c1. The summed E-state index contributed by atoms with van der Waals surface area (Å²) in [4.78, 5) is 30.5. The number of hydrogen-bond donors (Lipinski definition) is 3. The number of fused-ring (bicyclic) bond motifs is 8. The van der Waals surface area contributed by atoms with Gasteiger partial charge in [0, 0.05) is 44.3 Å². The van der Waals surface area contributed by atoms with Gasteiger partial charge in [-0.25, -0.2) is 14.8 Å². The minimum Gasteiger partial charge on any atom is -0.478 e. The van der Waals surface area contributed by atoms with Gasteiger partial charge in [-0.3, -0.25) is 0 Å². The largest absolute Gasteiger partial charge is 0.478 e. The zero-order valence-corrected chi connectivity index (χ0v) is 32.9. The maximum absolute atomic E-state index is 11.9. The molecular weight excluding hydrogens is 701 g/mol. The van der Waals surface area contributed by atoms with Crippen molar-refractivity contribution in [1.29, 1.82) is 0 Å². The number of nitrogens with zero attached hydrogens (tertiary/aromatic N) is 2. The quantitative estimate of drug-likeness (QED) is 0.164. The van der Waals surface area contributed by atoms with Crippen LogP contribution in [0.1, 0.15) is 66.5 Å². The Morgan fingerprint density at radius 1 is 0.439 bits per heavy atom. The van der Waals surface area contributed by atoms with Gasteiger partial charge in [0.1, 0.15) is 0 Å². The Bertz CT molecular complexity index is 2930. The van der Waals surface area contributed by atoms with E-state index in [1.54, 1.807) is 12.1 Å². The molecule has 0 unspecified atom stereocenters. The van der Waals surface area contributed by atoms with E-state index in [-0.39, 0.29) is 5.56 Å². The number of carbonyl (C=O) groups is 1. The molecule has 0 aliphatic carbocycles. The normalized spacial score (nSPS) is 12.0. The number of carboxylic acid groups (broad SMARTS) is 1. The minimum atomic E-state index is -0.967. The van der Waals surface area contributed by atoms with Crippen molar-refractivity contribution in [1.82, 2.24) is 19.9 Å². The molecule has 3 aromatic heterocycles. The summed E-state index contributed by atoms with van der Waals surface area (Å²) in [6.07, 6.45) is 8.43. The van der Waals surface area contributed by atoms with Crippen LogP contribution in [0.15, 0.2) is 103 Å². The van der Waals surface area contributed by atoms with Crippen LogP contribution in [-0.2, 0) is 0 Å². The Labute approximate surface area is 332 Å². The molecule has 6 heteroatoms. The molecule has 0 atom stereocenters. The van der Waals surface area contributed by atoms with Crippen LogP contribution >= 0.6 is 0 Å². The molecule has 7 aromatic rings. The van der Waals surface area contributed by atoms with E-state index in [1.807, 2.05) is 18.2 Å². The molecule has 3 N–H and O–H groups in total. The molecule has 5 heterocycles. The van der Waals surface area contributed by atoms with Crippen molar-refractivity contribution in [3.63, 3.8) is 0 Å². The number of nitrogens with one attached hydrogen (secondary N) is 2. The zero-order valence-electron chi connectivity index (χ0n) is 32.9. The van der Waals surface area contributed by atoms with Crippen molar-refractivity contribution in [3.05, 3.63) is 165 Å². The highest BCUT2D eigenvalue weighted by Crippen LogP contribution is 2.41. The van der Waals surface area contributed by atoms with Crippen LogP contribution in [0.2, 0.25) is 0 Å². The first-order valence-corrected chi connectivity index (χ1v) is 19.3. The van der Waals surface area contributed by atoms with Crippen molar-refractivity contribution >= 4 is 52.3 Å². The Hall–Kier alpha value is -7.05. The molecular formula is C51H42N4O2. The topological polar surface area (TPSA) is 94.7 Å². The first kappa shape index (κ1) is 35.6. The van der Waals surface area contributed by atoms with E-state index in [9.17, 15) is 9.90 Å². The van der Waals surface area contributed by atoms with E-state index >= 15 is 0 Å². The minimum absolute atomic E-state index is 0.227. The fourth-order valence-electron chi connectivity index (χ4n) is 8.87. The highest BCUT2D eigenvalue weighted by molar-refractivity contribution is 6.01. The molecule has 0 amide bonds. The smallest absolute Gasteiger partial charge is 0.335 e. The molecule has 6 nitrogen and oxygen atoms in total. The summed E-state index contributed by atoms with van der Waals surface area (Å²) in [5.41, 5.74) is 22.4. The van der Waals surface area contributed by atoms with Crippen LogP contribution in [0.3, 0.4) is 0 Å². The third-order valence-electron chi connectivity index (χ3n) is 11.1. The van der Waals surface area contributed by atoms with Crippen LogP contribution in [0.5, 0.6) is 0 Å². The summed E-state index contributed by atoms with van der Waals surface area (Å²) in [5.74, 6) is -0.967. The zero-order chi connectivity index (χ0) is 39.5. The molecule has 57 heavy (non-hydrogen) atoms. The number of H-pyrrole nitrogens is 2. The molecule has 0 radical (unpaired) electrons. The fourth-order valence-corrected chi connectivity index (χ4v) is 8.87. The molecule has 0 saturated heterocycles. The molecule has 4 aromatic carbocycles. The average Bonchev–Trinajstić information content (AvgIpc) is 4.01. The van der Waals surface area contributed by atoms with E-state index in [4.69, 9.17) is 9.97 Å². The van der Waals surface area contributed by atoms with Gasteiger partial charge in [-0.15, -0.1) is 0 Å². The molecule has 2 aliphatic rings. The Morgan fingerprint density at radius 3 is 1.18 bits per heavy atom. The molecule has 8 bridgehead atoms. The first-order valence-electron chi connectivity index (χ1n) is 19.3. The van der Waals surface area contributed by atoms with E-state index < -0.39 is 5.97 Å². The summed E-state index contributed by atoms with van der Waals surface area (Å²) in [5, 5.41) is 9.76. The van der Waals surface area contributed by atoms with Gasteiger partial charge in [0.2, 0.25) is 0 Å². The van der Waals surface area contributed by atoms with Crippen LogP contribution in [0.25, 0.3) is 90.9 Å². The van der Waals surface area contributed by atoms with E-state index in [1.165, 1.54) is 33.4 Å². The molecule has 278 valence electrons. The number of rotatable bonds is 5. The molecule has 0 spiro atoms. The van der Waals surface area contributed by atoms with Crippen LogP contribution in [0.4, 0.5) is 0 Å². The van der Waals surface area contributed by atoms with E-state index in [0.717, 1.165) is 89.4 Å². The van der Waals surface area contributed by atoms with Gasteiger partial charge in [-0.05, 0) is 147 Å². The van der Waals surface area contributed by atoms with Gasteiger partial charge >= 0.3 is 5.97 Å². The van der Waals surface area contributed by atoms with E-state index in [2.05, 4.69) is 149 Å². The number of aromatic nitrogens is 4. The van der Waals surface area contributed by atoms with Crippen molar-refractivity contribution in [2.24, 2.45) is 0 Å². The summed E-state index contributed by atoms with van der Waals surface area (Å²) in [6.45, 7) is 12.9. The number of aryl methyl sites for hydroxylation is 6. The van der Waals surface area contributed by atoms with Crippen molar-refractivity contribution in [2.75, 3.05) is 0 Å². The van der Waals surface area contributed by atoms with Gasteiger partial charge in [-0.1, -0.05) is 77.9 Å². The van der Waals surface area contributed by atoms with Gasteiger partial charge < -0.3 is 15.1 Å². The second-order valence-electron chi connectivity index (χ2n) is 15.3. The molecule has 2 aliphatic heterocycles. The fraction of sp³-hybridized carbons (Fsp3) is 0.118. The lowest BCUT2D eigenvalue weighted by atomic mass is 9.92. The third kappa shape index (κ3) is 6.29. The molecule has 0 fully saturated rings. The molecule has 9 rings (SSSR count). The average molecular weight is 743 g/mol. The van der Waals surface area contributed by atoms with Crippen LogP contribution in [0, 0.1) is 41.5 Å². The number of aromatic amines is 2. The lowest BCUT2D eigenvalue weighted by Gasteiger charge is -2.13. The van der Waals surface area contributed by atoms with Gasteiger partial charge in [-0.2, -0.15) is 0 Å². The Balaban J connectivity index is 1.50. The first-order chi connectivity index (χ1) is 27.5. The Kier molecular flexibility index (Phi) is 8.70. The van der Waals surface area contributed by atoms with Crippen LogP contribution < -0.4 is 0 Å². The Morgan fingerprint density at radius 2 is 0.789 bits per heavy atom. The van der Waals surface area contributed by atoms with Gasteiger partial charge in [0.05, 0.1) is 28.3 Å². The van der Waals surface area contributed by atoms with Crippen LogP contribution in [-0.4, -0.2) is 31.0 Å². The van der Waals surface area contributed by atoms with Gasteiger partial charge in [0.15, 0.2) is 0 Å². The number of hydrogen-bond acceptors (Lipinski definition) is 3. The maximum atomic E-state index is 11.9. The highest BCUT2D eigenvalue weighted by Gasteiger charge is 2.21. The third-order valence-corrected chi connectivity index (χ3v) is 11.1. The van der Waals surface area contributed by atoms with Crippen molar-refractivity contribution < 1.29 is 9.90 Å². The maximum Gasteiger partial charge on any atom is 0.335 e. The van der Waals surface area contributed by atoms with E-state index in [0.29, 0.717) is 0 Å². The highest BCUT2D eigenvalue weighted by atomic mass is 16.4.